The van der Waals surface area contributed by atoms with Gasteiger partial charge in [-0.2, -0.15) is 0 Å². The van der Waals surface area contributed by atoms with Gasteiger partial charge in [0.25, 0.3) is 0 Å². The molecular formula is C28H33N3O2. The maximum Gasteiger partial charge on any atom is 0.220 e. The van der Waals surface area contributed by atoms with E-state index in [9.17, 15) is 0 Å². The van der Waals surface area contributed by atoms with Crippen molar-refractivity contribution in [3.8, 4) is 0 Å². The van der Waals surface area contributed by atoms with Crippen molar-refractivity contribution in [3.05, 3.63) is 121 Å². The fourth-order valence-corrected chi connectivity index (χ4v) is 3.10. The minimum atomic E-state index is 0.393. The Balaban J connectivity index is 1.97. The molecule has 0 aromatic heterocycles. The van der Waals surface area contributed by atoms with E-state index < -0.39 is 0 Å². The van der Waals surface area contributed by atoms with Crippen LogP contribution >= 0.6 is 0 Å². The summed E-state index contributed by atoms with van der Waals surface area (Å²) in [4.78, 5) is 9.06. The molecule has 0 amide bonds. The maximum atomic E-state index is 5.51. The van der Waals surface area contributed by atoms with Gasteiger partial charge in [0.15, 0.2) is 0 Å². The van der Waals surface area contributed by atoms with Crippen molar-refractivity contribution in [2.45, 2.75) is 25.7 Å². The Labute approximate surface area is 197 Å². The van der Waals surface area contributed by atoms with E-state index in [1.165, 1.54) is 0 Å². The number of methoxy groups -OCH3 is 2. The van der Waals surface area contributed by atoms with E-state index in [1.807, 2.05) is 18.2 Å². The molecule has 0 saturated heterocycles. The van der Waals surface area contributed by atoms with Crippen molar-refractivity contribution in [2.75, 3.05) is 14.2 Å². The predicted molar refractivity (Wildman–Crippen MR) is 140 cm³/mol. The Kier molecular flexibility index (Phi) is 10.4. The third kappa shape index (κ3) is 8.65. The SMILES string of the molecule is C=C/C=C\C(=C)C(=NC(=C)/C=C\C(=C)NC1=CC=C(N=C(OC)C2=CC=CCC2)CC1)OC. The minimum Gasteiger partial charge on any atom is -0.481 e. The number of hydrogen-bond acceptors (Lipinski definition) is 5. The van der Waals surface area contributed by atoms with Crippen molar-refractivity contribution in [2.24, 2.45) is 9.98 Å². The smallest absolute Gasteiger partial charge is 0.220 e. The molecule has 0 spiro atoms. The highest BCUT2D eigenvalue weighted by atomic mass is 16.5. The molecule has 5 heteroatoms. The summed E-state index contributed by atoms with van der Waals surface area (Å²) in [5.74, 6) is 1.09. The molecule has 0 aliphatic heterocycles. The number of allylic oxidation sites excluding steroid dienone is 11. The van der Waals surface area contributed by atoms with Crippen molar-refractivity contribution in [3.63, 3.8) is 0 Å². The van der Waals surface area contributed by atoms with Crippen LogP contribution in [0.5, 0.6) is 0 Å². The monoisotopic (exact) mass is 443 g/mol. The summed E-state index contributed by atoms with van der Waals surface area (Å²) in [6, 6.07) is 0. The van der Waals surface area contributed by atoms with Crippen LogP contribution in [0.15, 0.2) is 131 Å². The summed E-state index contributed by atoms with van der Waals surface area (Å²) in [5, 5.41) is 3.32. The largest absolute Gasteiger partial charge is 0.481 e. The second kappa shape index (κ2) is 13.5. The first-order chi connectivity index (χ1) is 16.0. The summed E-state index contributed by atoms with van der Waals surface area (Å²) in [7, 11) is 3.21. The van der Waals surface area contributed by atoms with Gasteiger partial charge in [-0.15, -0.1) is 0 Å². The zero-order valence-corrected chi connectivity index (χ0v) is 19.6. The van der Waals surface area contributed by atoms with E-state index in [2.05, 4.69) is 54.9 Å². The minimum absolute atomic E-state index is 0.393. The van der Waals surface area contributed by atoms with Crippen molar-refractivity contribution < 1.29 is 9.47 Å². The van der Waals surface area contributed by atoms with Gasteiger partial charge in [-0.05, 0) is 50.0 Å². The number of ether oxygens (including phenoxy) is 2. The molecule has 5 nitrogen and oxygen atoms in total. The fourth-order valence-electron chi connectivity index (χ4n) is 3.10. The van der Waals surface area contributed by atoms with Gasteiger partial charge in [0.05, 0.1) is 19.9 Å². The van der Waals surface area contributed by atoms with E-state index in [-0.39, 0.29) is 0 Å². The standard InChI is InChI=1S/C28H33N3O2/c1-7-8-12-21(2)27(32-5)30-23(4)16-15-22(3)29-25-17-19-26(20-18-25)31-28(33-6)24-13-10-9-11-14-24/h7-10,12-13,15-17,19,29H,1-4,11,14,18,20H2,5-6H3/b12-8-,16-15-,30-27?,31-28?. The fraction of sp³-hybridized carbons (Fsp3) is 0.214. The Hall–Kier alpha value is -3.86. The van der Waals surface area contributed by atoms with E-state index in [0.29, 0.717) is 23.1 Å². The quantitative estimate of drug-likeness (QED) is 0.242. The van der Waals surface area contributed by atoms with Crippen molar-refractivity contribution >= 4 is 11.8 Å². The summed E-state index contributed by atoms with van der Waals surface area (Å²) < 4.78 is 10.8. The van der Waals surface area contributed by atoms with Gasteiger partial charge in [0.1, 0.15) is 0 Å². The van der Waals surface area contributed by atoms with Crippen LogP contribution in [0.1, 0.15) is 25.7 Å². The molecule has 2 aliphatic carbocycles. The Morgan fingerprint density at radius 2 is 1.82 bits per heavy atom. The van der Waals surface area contributed by atoms with Gasteiger partial charge >= 0.3 is 0 Å². The average Bonchev–Trinajstić information content (AvgIpc) is 2.84. The highest BCUT2D eigenvalue weighted by Crippen LogP contribution is 2.21. The Bertz CT molecular complexity index is 1030. The third-order valence-corrected chi connectivity index (χ3v) is 4.80. The second-order valence-corrected chi connectivity index (χ2v) is 7.35. The molecule has 2 rings (SSSR count). The van der Waals surface area contributed by atoms with Crippen LogP contribution < -0.4 is 5.32 Å². The van der Waals surface area contributed by atoms with Crippen LogP contribution in [0.4, 0.5) is 0 Å². The summed E-state index contributed by atoms with van der Waals surface area (Å²) in [5.41, 5.74) is 5.09. The number of hydrogen-bond donors (Lipinski definition) is 1. The van der Waals surface area contributed by atoms with Gasteiger partial charge in [-0.1, -0.05) is 62.8 Å². The molecule has 0 fully saturated rings. The molecule has 33 heavy (non-hydrogen) atoms. The average molecular weight is 444 g/mol. The van der Waals surface area contributed by atoms with Crippen molar-refractivity contribution in [1.82, 2.24) is 5.32 Å². The molecule has 0 aromatic carbocycles. The summed E-state index contributed by atoms with van der Waals surface area (Å²) >= 11 is 0. The van der Waals surface area contributed by atoms with Crippen LogP contribution in [0.3, 0.4) is 0 Å². The van der Waals surface area contributed by atoms with E-state index in [1.54, 1.807) is 38.5 Å². The second-order valence-electron chi connectivity index (χ2n) is 7.35. The van der Waals surface area contributed by atoms with Gasteiger partial charge in [0, 0.05) is 28.2 Å². The van der Waals surface area contributed by atoms with Gasteiger partial charge in [-0.3, -0.25) is 0 Å². The lowest BCUT2D eigenvalue weighted by atomic mass is 10.0. The molecule has 0 heterocycles. The third-order valence-electron chi connectivity index (χ3n) is 4.80. The number of rotatable bonds is 10. The van der Waals surface area contributed by atoms with E-state index in [0.717, 1.165) is 48.3 Å². The van der Waals surface area contributed by atoms with Crippen LogP contribution in [0, 0.1) is 0 Å². The van der Waals surface area contributed by atoms with Crippen molar-refractivity contribution in [1.29, 1.82) is 0 Å². The maximum absolute atomic E-state index is 5.51. The molecule has 0 bridgehead atoms. The van der Waals surface area contributed by atoms with Crippen LogP contribution in [-0.4, -0.2) is 26.0 Å². The topological polar surface area (TPSA) is 55.2 Å². The molecule has 0 radical (unpaired) electrons. The number of nitrogens with one attached hydrogen (secondary N) is 1. The Morgan fingerprint density at radius 1 is 1.00 bits per heavy atom. The number of nitrogens with zero attached hydrogens (tertiary/aromatic N) is 2. The highest BCUT2D eigenvalue weighted by molar-refractivity contribution is 5.96. The summed E-state index contributed by atoms with van der Waals surface area (Å²) in [6.07, 6.45) is 22.7. The Morgan fingerprint density at radius 3 is 2.42 bits per heavy atom. The van der Waals surface area contributed by atoms with Crippen LogP contribution in [0.2, 0.25) is 0 Å². The molecule has 0 aromatic rings. The molecular weight excluding hydrogens is 410 g/mol. The van der Waals surface area contributed by atoms with Gasteiger partial charge in [-0.25, -0.2) is 9.98 Å². The van der Waals surface area contributed by atoms with Gasteiger partial charge < -0.3 is 14.8 Å². The molecule has 2 aliphatic rings. The van der Waals surface area contributed by atoms with Gasteiger partial charge in [0.2, 0.25) is 11.8 Å². The summed E-state index contributed by atoms with van der Waals surface area (Å²) in [6.45, 7) is 15.6. The van der Waals surface area contributed by atoms with Crippen LogP contribution in [-0.2, 0) is 9.47 Å². The first kappa shape index (κ1) is 25.4. The normalized spacial score (nSPS) is 16.7. The molecule has 1 N–H and O–H groups in total. The zero-order valence-electron chi connectivity index (χ0n) is 19.6. The van der Waals surface area contributed by atoms with Crippen LogP contribution in [0.25, 0.3) is 0 Å². The lowest BCUT2D eigenvalue weighted by molar-refractivity contribution is 0.401. The number of aliphatic imine (C=N–C) groups is 2. The highest BCUT2D eigenvalue weighted by Gasteiger charge is 2.12. The molecule has 0 unspecified atom stereocenters. The molecule has 0 saturated carbocycles. The lowest BCUT2D eigenvalue weighted by Gasteiger charge is -2.16. The predicted octanol–water partition coefficient (Wildman–Crippen LogP) is 6.39. The molecule has 0 atom stereocenters. The zero-order chi connectivity index (χ0) is 24.1. The first-order valence-electron chi connectivity index (χ1n) is 10.8. The lowest BCUT2D eigenvalue weighted by Crippen LogP contribution is -2.13. The van der Waals surface area contributed by atoms with E-state index in [4.69, 9.17) is 14.5 Å². The molecule has 172 valence electrons. The first-order valence-corrected chi connectivity index (χ1v) is 10.8. The van der Waals surface area contributed by atoms with E-state index >= 15 is 0 Å².